The maximum Gasteiger partial charge on any atom is 0.347 e. The summed E-state index contributed by atoms with van der Waals surface area (Å²) in [5.74, 6) is 0.268. The van der Waals surface area contributed by atoms with Gasteiger partial charge in [0.15, 0.2) is 5.16 Å². The number of aromatic nitrogens is 6. The first-order valence-corrected chi connectivity index (χ1v) is 17.4. The molecule has 0 saturated carbocycles. The van der Waals surface area contributed by atoms with Gasteiger partial charge in [-0.25, -0.2) is 14.2 Å². The van der Waals surface area contributed by atoms with Crippen molar-refractivity contribution in [3.8, 4) is 0 Å². The third kappa shape index (κ3) is 9.04. The fraction of sp³-hybridized carbons (Fsp3) is 0.314. The Bertz CT molecular complexity index is 2020. The molecule has 1 amide bonds. The fourth-order valence-corrected chi connectivity index (χ4v) is 6.82. The summed E-state index contributed by atoms with van der Waals surface area (Å²) in [7, 11) is 1.81. The van der Waals surface area contributed by atoms with Gasteiger partial charge < -0.3 is 14.4 Å². The fourth-order valence-electron chi connectivity index (χ4n) is 5.75. The largest absolute Gasteiger partial charge is 0.368 e. The molecule has 0 atom stereocenters. The van der Waals surface area contributed by atoms with Gasteiger partial charge in [-0.2, -0.15) is 10.1 Å². The Morgan fingerprint density at radius 1 is 0.898 bits per heavy atom. The molecular formula is C35H36ClFN8O3S. The van der Waals surface area contributed by atoms with Crippen LogP contribution >= 0.6 is 23.4 Å². The van der Waals surface area contributed by atoms with E-state index in [1.54, 1.807) is 42.5 Å². The monoisotopic (exact) mass is 702 g/mol. The van der Waals surface area contributed by atoms with Gasteiger partial charge >= 0.3 is 5.69 Å². The lowest BCUT2D eigenvalue weighted by Crippen LogP contribution is -2.48. The SMILES string of the molecule is Cn1cc(Cn2cc(Cc3cn(CCCC(=O)N4CCN(c5ccc(Cl)cc5)CC4)c(SCc4ccc(F)cc4)nc3=O)cnc2=O)cn1. The van der Waals surface area contributed by atoms with Gasteiger partial charge in [0.05, 0.1) is 12.7 Å². The minimum Gasteiger partial charge on any atom is -0.368 e. The van der Waals surface area contributed by atoms with Crippen molar-refractivity contribution >= 4 is 35.0 Å². The number of aryl methyl sites for hydroxylation is 2. The van der Waals surface area contributed by atoms with Crippen molar-refractivity contribution in [3.05, 3.63) is 133 Å². The van der Waals surface area contributed by atoms with Crippen LogP contribution in [0.4, 0.5) is 10.1 Å². The molecule has 0 unspecified atom stereocenters. The molecule has 0 spiro atoms. The predicted octanol–water partition coefficient (Wildman–Crippen LogP) is 4.39. The molecule has 1 aliphatic rings. The maximum atomic E-state index is 13.5. The lowest BCUT2D eigenvalue weighted by atomic mass is 10.1. The number of anilines is 1. The van der Waals surface area contributed by atoms with E-state index in [1.165, 1.54) is 34.7 Å². The summed E-state index contributed by atoms with van der Waals surface area (Å²) in [5, 5.41) is 5.37. The van der Waals surface area contributed by atoms with Gasteiger partial charge in [-0.1, -0.05) is 35.5 Å². The van der Waals surface area contributed by atoms with Crippen LogP contribution in [0.2, 0.25) is 5.02 Å². The second-order valence-corrected chi connectivity index (χ2v) is 13.4. The Labute approximate surface area is 292 Å². The third-order valence-corrected chi connectivity index (χ3v) is 9.65. The van der Waals surface area contributed by atoms with Gasteiger partial charge in [0.1, 0.15) is 5.82 Å². The highest BCUT2D eigenvalue weighted by Gasteiger charge is 2.21. The minimum atomic E-state index is -0.397. The zero-order chi connectivity index (χ0) is 34.3. The molecule has 254 valence electrons. The number of carbonyl (C=O) groups excluding carboxylic acids is 1. The number of benzene rings is 2. The van der Waals surface area contributed by atoms with Gasteiger partial charge in [-0.05, 0) is 53.9 Å². The highest BCUT2D eigenvalue weighted by molar-refractivity contribution is 7.98. The first-order valence-electron chi connectivity index (χ1n) is 16.0. The zero-order valence-electron chi connectivity index (χ0n) is 27.0. The van der Waals surface area contributed by atoms with Gasteiger partial charge in [0, 0.05) is 105 Å². The van der Waals surface area contributed by atoms with E-state index in [1.807, 2.05) is 39.9 Å². The number of thioether (sulfide) groups is 1. The summed E-state index contributed by atoms with van der Waals surface area (Å²) < 4.78 is 18.5. The summed E-state index contributed by atoms with van der Waals surface area (Å²) >= 11 is 7.42. The number of nitrogens with zero attached hydrogens (tertiary/aromatic N) is 8. The highest BCUT2D eigenvalue weighted by atomic mass is 35.5. The molecule has 4 heterocycles. The molecule has 11 nitrogen and oxygen atoms in total. The van der Waals surface area contributed by atoms with Crippen LogP contribution in [0.5, 0.6) is 0 Å². The molecule has 3 aromatic heterocycles. The van der Waals surface area contributed by atoms with Crippen molar-refractivity contribution in [2.24, 2.45) is 7.05 Å². The van der Waals surface area contributed by atoms with E-state index < -0.39 is 5.69 Å². The average molecular weight is 703 g/mol. The number of amides is 1. The van der Waals surface area contributed by atoms with E-state index in [2.05, 4.69) is 20.0 Å². The number of hydrogen-bond acceptors (Lipinski definition) is 8. The van der Waals surface area contributed by atoms with Crippen LogP contribution in [0, 0.1) is 5.82 Å². The van der Waals surface area contributed by atoms with E-state index in [9.17, 15) is 18.8 Å². The van der Waals surface area contributed by atoms with Crippen molar-refractivity contribution in [3.63, 3.8) is 0 Å². The molecule has 49 heavy (non-hydrogen) atoms. The minimum absolute atomic E-state index is 0.0902. The lowest BCUT2D eigenvalue weighted by Gasteiger charge is -2.36. The molecule has 14 heteroatoms. The lowest BCUT2D eigenvalue weighted by molar-refractivity contribution is -0.131. The Balaban J connectivity index is 1.14. The Morgan fingerprint density at radius 2 is 1.65 bits per heavy atom. The summed E-state index contributed by atoms with van der Waals surface area (Å²) in [6.07, 6.45) is 9.63. The molecule has 1 fully saturated rings. The molecule has 0 aliphatic carbocycles. The van der Waals surface area contributed by atoms with Crippen LogP contribution in [-0.4, -0.2) is 65.9 Å². The van der Waals surface area contributed by atoms with Crippen LogP contribution in [0.15, 0.2) is 94.3 Å². The zero-order valence-corrected chi connectivity index (χ0v) is 28.6. The first-order chi connectivity index (χ1) is 23.7. The van der Waals surface area contributed by atoms with Crippen molar-refractivity contribution in [1.29, 1.82) is 0 Å². The van der Waals surface area contributed by atoms with Crippen LogP contribution in [0.3, 0.4) is 0 Å². The quantitative estimate of drug-likeness (QED) is 0.139. The van der Waals surface area contributed by atoms with Crippen LogP contribution < -0.4 is 16.1 Å². The van der Waals surface area contributed by atoms with Crippen LogP contribution in [-0.2, 0) is 37.1 Å². The van der Waals surface area contributed by atoms with E-state index >= 15 is 0 Å². The van der Waals surface area contributed by atoms with Crippen LogP contribution in [0.25, 0.3) is 0 Å². The van der Waals surface area contributed by atoms with Gasteiger partial charge in [-0.15, -0.1) is 0 Å². The molecule has 1 aliphatic heterocycles. The Kier molecular flexibility index (Phi) is 10.9. The molecule has 2 aromatic carbocycles. The average Bonchev–Trinajstić information content (AvgIpc) is 3.52. The van der Waals surface area contributed by atoms with Crippen molar-refractivity contribution in [2.75, 3.05) is 31.1 Å². The normalized spacial score (nSPS) is 13.2. The van der Waals surface area contributed by atoms with Gasteiger partial charge in [0.2, 0.25) is 5.91 Å². The summed E-state index contributed by atoms with van der Waals surface area (Å²) in [4.78, 5) is 51.5. The summed E-state index contributed by atoms with van der Waals surface area (Å²) in [6.45, 7) is 3.55. The van der Waals surface area contributed by atoms with Crippen molar-refractivity contribution in [1.82, 2.24) is 33.8 Å². The molecule has 0 radical (unpaired) electrons. The van der Waals surface area contributed by atoms with E-state index in [-0.39, 0.29) is 23.7 Å². The van der Waals surface area contributed by atoms with E-state index in [4.69, 9.17) is 11.6 Å². The maximum absolute atomic E-state index is 13.5. The number of halogens is 2. The molecule has 6 rings (SSSR count). The molecule has 0 N–H and O–H groups in total. The van der Waals surface area contributed by atoms with E-state index in [0.29, 0.717) is 66.1 Å². The summed E-state index contributed by atoms with van der Waals surface area (Å²) in [5.41, 5.74) is 3.20. The van der Waals surface area contributed by atoms with Gasteiger partial charge in [0.25, 0.3) is 5.56 Å². The predicted molar refractivity (Wildman–Crippen MR) is 188 cm³/mol. The number of piperazine rings is 1. The number of rotatable bonds is 12. The molecule has 5 aromatic rings. The second kappa shape index (κ2) is 15.6. The molecular weight excluding hydrogens is 667 g/mol. The third-order valence-electron chi connectivity index (χ3n) is 8.34. The Morgan fingerprint density at radius 3 is 2.37 bits per heavy atom. The van der Waals surface area contributed by atoms with Gasteiger partial charge in [-0.3, -0.25) is 18.8 Å². The van der Waals surface area contributed by atoms with Crippen molar-refractivity contribution < 1.29 is 9.18 Å². The number of hydrogen-bond donors (Lipinski definition) is 0. The van der Waals surface area contributed by atoms with Crippen LogP contribution in [0.1, 0.15) is 35.1 Å². The topological polar surface area (TPSA) is 111 Å². The van der Waals surface area contributed by atoms with Crippen molar-refractivity contribution in [2.45, 2.75) is 43.3 Å². The van der Waals surface area contributed by atoms with E-state index in [0.717, 1.165) is 29.9 Å². The number of carbonyl (C=O) groups is 1. The first kappa shape index (κ1) is 34.1. The Hall–Kier alpha value is -4.75. The highest BCUT2D eigenvalue weighted by Crippen LogP contribution is 2.23. The smallest absolute Gasteiger partial charge is 0.347 e. The second-order valence-electron chi connectivity index (χ2n) is 12.0. The summed E-state index contributed by atoms with van der Waals surface area (Å²) in [6, 6.07) is 14.0. The standard InChI is InChI=1S/C35H36ClFN8O3S/c1-41-20-27(19-39-41)22-45-21-26(18-38-34(45)48)17-28-23-44(35(40-33(28)47)49-24-25-4-8-30(37)9-5-25)12-2-3-32(46)43-15-13-42(14-16-43)31-10-6-29(36)7-11-31/h4-11,18-21,23H,2-3,12-17,22,24H2,1H3. The molecule has 1 saturated heterocycles. The molecule has 0 bridgehead atoms.